The van der Waals surface area contributed by atoms with Crippen LogP contribution in [-0.4, -0.2) is 27.2 Å². The van der Waals surface area contributed by atoms with Crippen molar-refractivity contribution < 1.29 is 9.90 Å². The Morgan fingerprint density at radius 1 is 1.07 bits per heavy atom. The number of nitrogens with zero attached hydrogens (tertiary/aromatic N) is 2. The van der Waals surface area contributed by atoms with E-state index in [1.165, 1.54) is 30.3 Å². The van der Waals surface area contributed by atoms with Crippen LogP contribution in [0.4, 0.5) is 5.82 Å². The van der Waals surface area contributed by atoms with Crippen molar-refractivity contribution in [2.24, 2.45) is 7.05 Å². The quantitative estimate of drug-likeness (QED) is 0.709. The van der Waals surface area contributed by atoms with Gasteiger partial charge in [-0.2, -0.15) is 0 Å². The van der Waals surface area contributed by atoms with E-state index >= 15 is 0 Å². The number of nitrogens with one attached hydrogen (secondary N) is 1. The summed E-state index contributed by atoms with van der Waals surface area (Å²) in [6.45, 7) is 1.31. The smallest absolute Gasteiger partial charge is 0.335 e. The number of carboxylic acid groups (broad SMARTS) is 1. The van der Waals surface area contributed by atoms with Crippen LogP contribution in [0.1, 0.15) is 32.6 Å². The Hall–Kier alpha value is -3.61. The van der Waals surface area contributed by atoms with E-state index in [1.807, 2.05) is 17.0 Å². The maximum Gasteiger partial charge on any atom is 0.335 e. The van der Waals surface area contributed by atoms with Crippen molar-refractivity contribution >= 4 is 11.8 Å². The number of aromatic amines is 1. The highest BCUT2D eigenvalue weighted by atomic mass is 16.4. The van der Waals surface area contributed by atoms with E-state index in [-0.39, 0.29) is 11.1 Å². The van der Waals surface area contributed by atoms with Gasteiger partial charge in [-0.15, -0.1) is 0 Å². The van der Waals surface area contributed by atoms with Crippen molar-refractivity contribution in [3.8, 4) is 0 Å². The van der Waals surface area contributed by atoms with Crippen LogP contribution in [0.3, 0.4) is 0 Å². The third-order valence-corrected chi connectivity index (χ3v) is 5.41. The molecule has 1 aliphatic heterocycles. The Morgan fingerprint density at radius 2 is 1.76 bits per heavy atom. The summed E-state index contributed by atoms with van der Waals surface area (Å²) in [7, 11) is 1.45. The number of rotatable bonds is 4. The lowest BCUT2D eigenvalue weighted by atomic mass is 9.99. The van der Waals surface area contributed by atoms with Gasteiger partial charge >= 0.3 is 11.7 Å². The maximum absolute atomic E-state index is 12.9. The van der Waals surface area contributed by atoms with Gasteiger partial charge in [-0.25, -0.2) is 9.59 Å². The normalized spacial score (nSPS) is 13.2. The molecule has 2 heterocycles. The summed E-state index contributed by atoms with van der Waals surface area (Å²) in [6.07, 6.45) is 1.14. The van der Waals surface area contributed by atoms with E-state index in [2.05, 4.69) is 17.1 Å². The summed E-state index contributed by atoms with van der Waals surface area (Å²) < 4.78 is 1.07. The predicted octanol–water partition coefficient (Wildman–Crippen LogP) is 1.93. The topological polar surface area (TPSA) is 95.4 Å². The van der Waals surface area contributed by atoms with Crippen LogP contribution in [0.15, 0.2) is 58.1 Å². The van der Waals surface area contributed by atoms with Crippen molar-refractivity contribution in [2.75, 3.05) is 11.4 Å². The first-order chi connectivity index (χ1) is 13.9. The van der Waals surface area contributed by atoms with E-state index < -0.39 is 11.7 Å². The molecule has 0 radical (unpaired) electrons. The Morgan fingerprint density at radius 3 is 2.45 bits per heavy atom. The van der Waals surface area contributed by atoms with Crippen LogP contribution in [0.2, 0.25) is 0 Å². The molecule has 148 valence electrons. The molecule has 0 atom stereocenters. The van der Waals surface area contributed by atoms with Crippen LogP contribution < -0.4 is 16.1 Å². The number of hydrogen-bond acceptors (Lipinski definition) is 4. The van der Waals surface area contributed by atoms with E-state index in [0.717, 1.165) is 16.6 Å². The number of hydrogen-bond donors (Lipinski definition) is 2. The monoisotopic (exact) mass is 391 g/mol. The van der Waals surface area contributed by atoms with E-state index in [9.17, 15) is 14.4 Å². The fraction of sp³-hybridized carbons (Fsp3) is 0.227. The van der Waals surface area contributed by atoms with Crippen LogP contribution >= 0.6 is 0 Å². The van der Waals surface area contributed by atoms with Crippen molar-refractivity contribution in [1.29, 1.82) is 0 Å². The Kier molecular flexibility index (Phi) is 4.80. The van der Waals surface area contributed by atoms with Crippen molar-refractivity contribution in [1.82, 2.24) is 9.55 Å². The predicted molar refractivity (Wildman–Crippen MR) is 110 cm³/mol. The van der Waals surface area contributed by atoms with Crippen molar-refractivity contribution in [3.05, 3.63) is 97.2 Å². The lowest BCUT2D eigenvalue weighted by Gasteiger charge is -2.31. The molecule has 2 aromatic carbocycles. The first-order valence-corrected chi connectivity index (χ1v) is 9.40. The van der Waals surface area contributed by atoms with Gasteiger partial charge in [0.1, 0.15) is 5.82 Å². The average Bonchev–Trinajstić information content (AvgIpc) is 2.74. The molecule has 0 amide bonds. The van der Waals surface area contributed by atoms with Gasteiger partial charge in [0.05, 0.1) is 11.1 Å². The third kappa shape index (κ3) is 3.59. The summed E-state index contributed by atoms with van der Waals surface area (Å²) in [5.74, 6) is -0.459. The lowest BCUT2D eigenvalue weighted by Crippen LogP contribution is -2.40. The third-order valence-electron chi connectivity index (χ3n) is 5.41. The molecule has 0 saturated heterocycles. The molecule has 7 nitrogen and oxygen atoms in total. The zero-order valence-corrected chi connectivity index (χ0v) is 16.0. The molecule has 7 heteroatoms. The second kappa shape index (κ2) is 7.43. The molecule has 0 spiro atoms. The average molecular weight is 391 g/mol. The SMILES string of the molecule is Cn1c(=O)[nH]c(N2CCc3ccccc3C2)c(Cc2ccc(C(=O)O)cc2)c1=O. The molecular formula is C22H21N3O4. The number of carboxylic acids is 1. The van der Waals surface area contributed by atoms with Gasteiger partial charge in [-0.3, -0.25) is 14.3 Å². The molecule has 0 bridgehead atoms. The molecule has 0 aliphatic carbocycles. The molecule has 29 heavy (non-hydrogen) atoms. The molecule has 2 N–H and O–H groups in total. The van der Waals surface area contributed by atoms with Gasteiger partial charge in [-0.1, -0.05) is 36.4 Å². The van der Waals surface area contributed by atoms with Crippen molar-refractivity contribution in [3.63, 3.8) is 0 Å². The van der Waals surface area contributed by atoms with Gasteiger partial charge < -0.3 is 10.0 Å². The highest BCUT2D eigenvalue weighted by molar-refractivity contribution is 5.87. The largest absolute Gasteiger partial charge is 0.478 e. The van der Waals surface area contributed by atoms with Gasteiger partial charge in [0.2, 0.25) is 0 Å². The fourth-order valence-corrected chi connectivity index (χ4v) is 3.74. The standard InChI is InChI=1S/C22H21N3O4/c1-24-20(26)18(12-14-6-8-16(9-7-14)21(27)28)19(23-22(24)29)25-11-10-15-4-2-3-5-17(15)13-25/h2-9H,10-13H2,1H3,(H,23,29)(H,27,28). The van der Waals surface area contributed by atoms with E-state index in [1.54, 1.807) is 12.1 Å². The minimum Gasteiger partial charge on any atom is -0.478 e. The van der Waals surface area contributed by atoms with E-state index in [0.29, 0.717) is 30.9 Å². The first kappa shape index (κ1) is 18.7. The second-order valence-corrected chi connectivity index (χ2v) is 7.24. The Bertz CT molecular complexity index is 1190. The van der Waals surface area contributed by atoms with Crippen molar-refractivity contribution in [2.45, 2.75) is 19.4 Å². The van der Waals surface area contributed by atoms with Crippen LogP contribution in [-0.2, 0) is 26.4 Å². The fourth-order valence-electron chi connectivity index (χ4n) is 3.74. The number of benzene rings is 2. The molecular weight excluding hydrogens is 370 g/mol. The second-order valence-electron chi connectivity index (χ2n) is 7.24. The van der Waals surface area contributed by atoms with Crippen LogP contribution in [0, 0.1) is 0 Å². The zero-order valence-electron chi connectivity index (χ0n) is 16.0. The number of aromatic carboxylic acids is 1. The number of fused-ring (bicyclic) bond motifs is 1. The number of H-pyrrole nitrogens is 1. The summed E-state index contributed by atoms with van der Waals surface area (Å²) in [6, 6.07) is 14.6. The number of carbonyl (C=O) groups is 1. The summed E-state index contributed by atoms with van der Waals surface area (Å²) >= 11 is 0. The van der Waals surface area contributed by atoms with Crippen LogP contribution in [0.5, 0.6) is 0 Å². The molecule has 0 saturated carbocycles. The highest BCUT2D eigenvalue weighted by Crippen LogP contribution is 2.25. The molecule has 1 aromatic heterocycles. The molecule has 1 aliphatic rings. The van der Waals surface area contributed by atoms with Gasteiger partial charge in [-0.05, 0) is 35.2 Å². The summed E-state index contributed by atoms with van der Waals surface area (Å²) in [5.41, 5.74) is 3.15. The molecule has 0 fully saturated rings. The number of aromatic nitrogens is 2. The maximum atomic E-state index is 12.9. The van der Waals surface area contributed by atoms with E-state index in [4.69, 9.17) is 5.11 Å². The van der Waals surface area contributed by atoms with Gasteiger partial charge in [0.15, 0.2) is 0 Å². The molecule has 4 rings (SSSR count). The van der Waals surface area contributed by atoms with Gasteiger partial charge in [0, 0.05) is 26.6 Å². The van der Waals surface area contributed by atoms with Crippen LogP contribution in [0.25, 0.3) is 0 Å². The highest BCUT2D eigenvalue weighted by Gasteiger charge is 2.22. The minimum absolute atomic E-state index is 0.191. The Labute approximate surface area is 166 Å². The van der Waals surface area contributed by atoms with Gasteiger partial charge in [0.25, 0.3) is 5.56 Å². The minimum atomic E-state index is -0.996. The zero-order chi connectivity index (χ0) is 20.5. The number of anilines is 1. The summed E-state index contributed by atoms with van der Waals surface area (Å²) in [4.78, 5) is 41.2. The molecule has 0 unspecified atom stereocenters. The lowest BCUT2D eigenvalue weighted by molar-refractivity contribution is 0.0697. The molecule has 3 aromatic rings. The summed E-state index contributed by atoms with van der Waals surface area (Å²) in [5, 5.41) is 9.07. The Balaban J connectivity index is 1.74. The first-order valence-electron chi connectivity index (χ1n) is 9.40.